The summed E-state index contributed by atoms with van der Waals surface area (Å²) in [5, 5.41) is -0.808. The lowest BCUT2D eigenvalue weighted by molar-refractivity contribution is 0.0658. The van der Waals surface area contributed by atoms with Crippen LogP contribution in [0.2, 0.25) is 0 Å². The zero-order valence-electron chi connectivity index (χ0n) is 12.2. The third-order valence-electron chi connectivity index (χ3n) is 3.88. The number of nitrogens with zero attached hydrogens (tertiary/aromatic N) is 1. The molecule has 8 heteroatoms. The first-order chi connectivity index (χ1) is 11.3. The van der Waals surface area contributed by atoms with Crippen molar-refractivity contribution in [3.8, 4) is 0 Å². The zero-order valence-corrected chi connectivity index (χ0v) is 13.1. The molecule has 0 aliphatic carbocycles. The summed E-state index contributed by atoms with van der Waals surface area (Å²) in [7, 11) is -3.68. The number of benzene rings is 2. The number of carbonyl (C=O) groups is 1. The van der Waals surface area contributed by atoms with E-state index in [1.807, 2.05) is 0 Å². The summed E-state index contributed by atoms with van der Waals surface area (Å²) in [6, 6.07) is 7.21. The minimum atomic E-state index is -3.68. The van der Waals surface area contributed by atoms with Crippen LogP contribution in [0.25, 0.3) is 0 Å². The molecule has 126 valence electrons. The summed E-state index contributed by atoms with van der Waals surface area (Å²) in [6.07, 6.45) is 0. The second-order valence-electron chi connectivity index (χ2n) is 5.46. The van der Waals surface area contributed by atoms with Crippen LogP contribution in [-0.4, -0.2) is 37.6 Å². The molecule has 0 radical (unpaired) electrons. The van der Waals surface area contributed by atoms with Crippen LogP contribution in [0, 0.1) is 17.5 Å². The molecule has 0 bridgehead atoms. The monoisotopic (exact) mass is 355 g/mol. The van der Waals surface area contributed by atoms with Crippen LogP contribution in [0.4, 0.5) is 13.2 Å². The van der Waals surface area contributed by atoms with E-state index in [2.05, 4.69) is 0 Å². The van der Waals surface area contributed by atoms with Crippen molar-refractivity contribution in [1.29, 1.82) is 0 Å². The highest BCUT2D eigenvalue weighted by Crippen LogP contribution is 2.25. The number of carbonyl (C=O) groups excluding carboxylic acids is 1. The number of hydrogen-bond donors (Lipinski definition) is 0. The molecule has 1 heterocycles. The molecule has 0 unspecified atom stereocenters. The largest absolute Gasteiger partial charge is 0.336 e. The molecular weight excluding hydrogens is 343 g/mol. The van der Waals surface area contributed by atoms with Crippen molar-refractivity contribution in [1.82, 2.24) is 4.90 Å². The van der Waals surface area contributed by atoms with E-state index in [0.717, 1.165) is 30.3 Å². The van der Waals surface area contributed by atoms with Crippen molar-refractivity contribution >= 4 is 15.7 Å². The summed E-state index contributed by atoms with van der Waals surface area (Å²) in [5.41, 5.74) is -0.0495. The van der Waals surface area contributed by atoms with Crippen molar-refractivity contribution in [2.45, 2.75) is 10.1 Å². The van der Waals surface area contributed by atoms with Gasteiger partial charge in [-0.15, -0.1) is 0 Å². The zero-order chi connectivity index (χ0) is 17.5. The van der Waals surface area contributed by atoms with Gasteiger partial charge in [-0.1, -0.05) is 0 Å². The fourth-order valence-electron chi connectivity index (χ4n) is 2.43. The maximum absolute atomic E-state index is 13.2. The number of halogens is 3. The number of rotatable bonds is 3. The van der Waals surface area contributed by atoms with Gasteiger partial charge in [-0.2, -0.15) is 0 Å². The molecule has 0 atom stereocenters. The van der Waals surface area contributed by atoms with Crippen molar-refractivity contribution < 1.29 is 26.4 Å². The lowest BCUT2D eigenvalue weighted by atomic mass is 10.1. The molecule has 1 aliphatic rings. The third kappa shape index (κ3) is 2.89. The highest BCUT2D eigenvalue weighted by molar-refractivity contribution is 7.92. The quantitative estimate of drug-likeness (QED) is 0.795. The SMILES string of the molecule is O=C(c1ccc(F)c(F)c1)N1CC(S(=O)(=O)c2ccc(F)cc2)C1. The molecule has 2 aromatic carbocycles. The molecule has 4 nitrogen and oxygen atoms in total. The second-order valence-corrected chi connectivity index (χ2v) is 7.69. The van der Waals surface area contributed by atoms with Gasteiger partial charge in [0.15, 0.2) is 21.5 Å². The van der Waals surface area contributed by atoms with Crippen LogP contribution in [0.15, 0.2) is 47.4 Å². The first-order valence-corrected chi connectivity index (χ1v) is 8.57. The van der Waals surface area contributed by atoms with Crippen molar-refractivity contribution in [2.24, 2.45) is 0 Å². The number of sulfone groups is 1. The molecule has 1 amide bonds. The molecule has 1 aliphatic heterocycles. The number of amides is 1. The van der Waals surface area contributed by atoms with Gasteiger partial charge in [-0.05, 0) is 42.5 Å². The molecule has 0 N–H and O–H groups in total. The Morgan fingerprint density at radius 3 is 2.17 bits per heavy atom. The summed E-state index contributed by atoms with van der Waals surface area (Å²) >= 11 is 0. The maximum atomic E-state index is 13.2. The average molecular weight is 355 g/mol. The standard InChI is InChI=1S/C16H12F3NO3S/c17-11-2-4-12(5-3-11)24(22,23)13-8-20(9-13)16(21)10-1-6-14(18)15(19)7-10/h1-7,13H,8-9H2. The van der Waals surface area contributed by atoms with Gasteiger partial charge in [-0.3, -0.25) is 4.79 Å². The minimum absolute atomic E-state index is 0.0196. The molecule has 0 spiro atoms. The molecule has 3 rings (SSSR count). The van der Waals surface area contributed by atoms with Gasteiger partial charge in [-0.25, -0.2) is 21.6 Å². The van der Waals surface area contributed by atoms with Crippen LogP contribution < -0.4 is 0 Å². The third-order valence-corrected chi connectivity index (χ3v) is 5.99. The van der Waals surface area contributed by atoms with Gasteiger partial charge in [0, 0.05) is 18.7 Å². The number of likely N-dealkylation sites (tertiary alicyclic amines) is 1. The highest BCUT2D eigenvalue weighted by atomic mass is 32.2. The Kier molecular flexibility index (Phi) is 4.08. The molecule has 2 aromatic rings. The van der Waals surface area contributed by atoms with E-state index in [-0.39, 0.29) is 23.5 Å². The Morgan fingerprint density at radius 1 is 0.958 bits per heavy atom. The van der Waals surface area contributed by atoms with E-state index in [9.17, 15) is 26.4 Å². The Morgan fingerprint density at radius 2 is 1.58 bits per heavy atom. The molecular formula is C16H12F3NO3S. The van der Waals surface area contributed by atoms with Crippen LogP contribution in [0.3, 0.4) is 0 Å². The van der Waals surface area contributed by atoms with E-state index in [1.54, 1.807) is 0 Å². The Balaban J connectivity index is 1.71. The van der Waals surface area contributed by atoms with Gasteiger partial charge >= 0.3 is 0 Å². The predicted octanol–water partition coefficient (Wildman–Crippen LogP) is 2.40. The Hall–Kier alpha value is -2.35. The normalized spacial score (nSPS) is 15.2. The van der Waals surface area contributed by atoms with Crippen LogP contribution in [0.5, 0.6) is 0 Å². The topological polar surface area (TPSA) is 54.5 Å². The van der Waals surface area contributed by atoms with E-state index < -0.39 is 38.4 Å². The molecule has 24 heavy (non-hydrogen) atoms. The lowest BCUT2D eigenvalue weighted by Crippen LogP contribution is -2.56. The molecule has 1 saturated heterocycles. The summed E-state index contributed by atoms with van der Waals surface area (Å²) in [4.78, 5) is 13.4. The smallest absolute Gasteiger partial charge is 0.254 e. The molecule has 1 fully saturated rings. The van der Waals surface area contributed by atoms with Gasteiger partial charge in [0.2, 0.25) is 0 Å². The summed E-state index contributed by atoms with van der Waals surface area (Å²) in [6.45, 7) is -0.116. The van der Waals surface area contributed by atoms with Crippen LogP contribution in [-0.2, 0) is 9.84 Å². The van der Waals surface area contributed by atoms with Gasteiger partial charge in [0.25, 0.3) is 5.91 Å². The lowest BCUT2D eigenvalue weighted by Gasteiger charge is -2.38. The van der Waals surface area contributed by atoms with Crippen LogP contribution in [0.1, 0.15) is 10.4 Å². The van der Waals surface area contributed by atoms with Crippen molar-refractivity contribution in [3.63, 3.8) is 0 Å². The highest BCUT2D eigenvalue weighted by Gasteiger charge is 2.40. The first-order valence-electron chi connectivity index (χ1n) is 7.03. The average Bonchev–Trinajstić information content (AvgIpc) is 2.48. The first kappa shape index (κ1) is 16.5. The molecule has 0 aromatic heterocycles. The number of hydrogen-bond acceptors (Lipinski definition) is 3. The Labute approximate surface area is 136 Å². The van der Waals surface area contributed by atoms with E-state index >= 15 is 0 Å². The minimum Gasteiger partial charge on any atom is -0.336 e. The van der Waals surface area contributed by atoms with Gasteiger partial charge in [0.05, 0.1) is 4.90 Å². The maximum Gasteiger partial charge on any atom is 0.254 e. The Bertz CT molecular complexity index is 891. The van der Waals surface area contributed by atoms with Crippen molar-refractivity contribution in [2.75, 3.05) is 13.1 Å². The van der Waals surface area contributed by atoms with Crippen LogP contribution >= 0.6 is 0 Å². The van der Waals surface area contributed by atoms with E-state index in [1.165, 1.54) is 17.0 Å². The van der Waals surface area contributed by atoms with E-state index in [0.29, 0.717) is 0 Å². The van der Waals surface area contributed by atoms with Gasteiger partial charge in [0.1, 0.15) is 11.1 Å². The fraction of sp³-hybridized carbons (Fsp3) is 0.188. The van der Waals surface area contributed by atoms with E-state index in [4.69, 9.17) is 0 Å². The molecule has 0 saturated carbocycles. The summed E-state index contributed by atoms with van der Waals surface area (Å²) in [5.74, 6) is -3.32. The summed E-state index contributed by atoms with van der Waals surface area (Å²) < 4.78 is 63.7. The van der Waals surface area contributed by atoms with Gasteiger partial charge < -0.3 is 4.90 Å². The second kappa shape index (κ2) is 5.94. The fourth-order valence-corrected chi connectivity index (χ4v) is 4.08. The van der Waals surface area contributed by atoms with Crippen molar-refractivity contribution in [3.05, 3.63) is 65.5 Å². The predicted molar refractivity (Wildman–Crippen MR) is 79.6 cm³/mol.